The van der Waals surface area contributed by atoms with Gasteiger partial charge in [-0.05, 0) is 23.6 Å². The summed E-state index contributed by atoms with van der Waals surface area (Å²) in [5.74, 6) is -0.207. The minimum absolute atomic E-state index is 0.207. The highest BCUT2D eigenvalue weighted by molar-refractivity contribution is 5.51. The molecule has 0 amide bonds. The number of benzene rings is 1. The van der Waals surface area contributed by atoms with Crippen LogP contribution >= 0.6 is 0 Å². The van der Waals surface area contributed by atoms with Crippen LogP contribution in [0.25, 0.3) is 0 Å². The van der Waals surface area contributed by atoms with E-state index in [1.165, 1.54) is 6.07 Å². The van der Waals surface area contributed by atoms with E-state index in [9.17, 15) is 4.39 Å². The van der Waals surface area contributed by atoms with E-state index in [-0.39, 0.29) is 12.4 Å². The molecule has 1 heterocycles. The first-order valence-corrected chi connectivity index (χ1v) is 5.25. The van der Waals surface area contributed by atoms with Crippen LogP contribution < -0.4 is 10.6 Å². The van der Waals surface area contributed by atoms with Gasteiger partial charge in [-0.2, -0.15) is 0 Å². The zero-order valence-electron chi connectivity index (χ0n) is 9.26. The Bertz CT molecular complexity index is 366. The monoisotopic (exact) mass is 208 g/mol. The number of hydrogen-bond donors (Lipinski definition) is 1. The van der Waals surface area contributed by atoms with Crippen molar-refractivity contribution in [2.75, 3.05) is 18.0 Å². The van der Waals surface area contributed by atoms with E-state index in [0.29, 0.717) is 11.0 Å². The Hall–Kier alpha value is -1.09. The lowest BCUT2D eigenvalue weighted by Gasteiger charge is -2.47. The van der Waals surface area contributed by atoms with Gasteiger partial charge < -0.3 is 10.6 Å². The van der Waals surface area contributed by atoms with Gasteiger partial charge in [-0.1, -0.05) is 13.8 Å². The predicted molar refractivity (Wildman–Crippen MR) is 60.3 cm³/mol. The van der Waals surface area contributed by atoms with Gasteiger partial charge in [0.1, 0.15) is 5.82 Å². The van der Waals surface area contributed by atoms with E-state index in [4.69, 9.17) is 5.73 Å². The zero-order valence-corrected chi connectivity index (χ0v) is 9.26. The molecule has 0 aromatic heterocycles. The Morgan fingerprint density at radius 3 is 2.60 bits per heavy atom. The normalized spacial score (nSPS) is 18.8. The summed E-state index contributed by atoms with van der Waals surface area (Å²) in [6, 6.07) is 5.18. The number of anilines is 1. The minimum atomic E-state index is -0.207. The van der Waals surface area contributed by atoms with Crippen LogP contribution in [0.2, 0.25) is 0 Å². The molecule has 3 heteroatoms. The Kier molecular flexibility index (Phi) is 2.43. The summed E-state index contributed by atoms with van der Waals surface area (Å²) in [5.41, 5.74) is 7.53. The highest BCUT2D eigenvalue weighted by atomic mass is 19.1. The lowest BCUT2D eigenvalue weighted by atomic mass is 9.84. The quantitative estimate of drug-likeness (QED) is 0.806. The molecule has 0 bridgehead atoms. The molecule has 1 aliphatic rings. The van der Waals surface area contributed by atoms with Gasteiger partial charge in [0.05, 0.1) is 0 Å². The molecule has 1 saturated heterocycles. The summed E-state index contributed by atoms with van der Waals surface area (Å²) in [7, 11) is 0. The maximum Gasteiger partial charge on any atom is 0.127 e. The fraction of sp³-hybridized carbons (Fsp3) is 0.500. The van der Waals surface area contributed by atoms with E-state index in [0.717, 1.165) is 18.8 Å². The first-order chi connectivity index (χ1) is 7.02. The van der Waals surface area contributed by atoms with Gasteiger partial charge in [0.2, 0.25) is 0 Å². The molecule has 2 nitrogen and oxygen atoms in total. The third-order valence-electron chi connectivity index (χ3n) is 2.85. The van der Waals surface area contributed by atoms with Crippen molar-refractivity contribution in [3.63, 3.8) is 0 Å². The van der Waals surface area contributed by atoms with Crippen molar-refractivity contribution in [1.82, 2.24) is 0 Å². The Labute approximate surface area is 89.9 Å². The van der Waals surface area contributed by atoms with E-state index >= 15 is 0 Å². The molecule has 0 saturated carbocycles. The Morgan fingerprint density at radius 1 is 1.40 bits per heavy atom. The maximum atomic E-state index is 13.2. The van der Waals surface area contributed by atoms with Crippen LogP contribution in [0, 0.1) is 11.2 Å². The highest BCUT2D eigenvalue weighted by Crippen LogP contribution is 2.33. The van der Waals surface area contributed by atoms with Crippen LogP contribution in [-0.4, -0.2) is 13.1 Å². The molecule has 1 fully saturated rings. The summed E-state index contributed by atoms with van der Waals surface area (Å²) in [4.78, 5) is 2.25. The van der Waals surface area contributed by atoms with Crippen LogP contribution in [0.3, 0.4) is 0 Å². The summed E-state index contributed by atoms with van der Waals surface area (Å²) < 4.78 is 13.2. The van der Waals surface area contributed by atoms with Gasteiger partial charge in [0.25, 0.3) is 0 Å². The number of nitrogens with zero attached hydrogens (tertiary/aromatic N) is 1. The molecular weight excluding hydrogens is 191 g/mol. The van der Waals surface area contributed by atoms with Gasteiger partial charge in [-0.25, -0.2) is 4.39 Å². The van der Waals surface area contributed by atoms with Gasteiger partial charge in [0, 0.05) is 30.9 Å². The van der Waals surface area contributed by atoms with E-state index in [2.05, 4.69) is 18.7 Å². The van der Waals surface area contributed by atoms with Gasteiger partial charge in [0.15, 0.2) is 0 Å². The number of rotatable bonds is 2. The van der Waals surface area contributed by atoms with Gasteiger partial charge in [-0.3, -0.25) is 0 Å². The third-order valence-corrected chi connectivity index (χ3v) is 2.85. The van der Waals surface area contributed by atoms with Crippen molar-refractivity contribution in [2.24, 2.45) is 11.1 Å². The number of halogens is 1. The average molecular weight is 208 g/mol. The third kappa shape index (κ3) is 1.97. The van der Waals surface area contributed by atoms with Crippen LogP contribution in [-0.2, 0) is 6.54 Å². The van der Waals surface area contributed by atoms with Crippen molar-refractivity contribution in [3.8, 4) is 0 Å². The Morgan fingerprint density at radius 2 is 2.07 bits per heavy atom. The molecule has 0 radical (unpaired) electrons. The minimum Gasteiger partial charge on any atom is -0.370 e. The smallest absolute Gasteiger partial charge is 0.127 e. The second-order valence-electron chi connectivity index (χ2n) is 5.00. The number of nitrogens with two attached hydrogens (primary N) is 1. The molecule has 1 aliphatic heterocycles. The first-order valence-electron chi connectivity index (χ1n) is 5.25. The second kappa shape index (κ2) is 3.49. The Balaban J connectivity index is 2.17. The summed E-state index contributed by atoms with van der Waals surface area (Å²) in [6.07, 6.45) is 0. The van der Waals surface area contributed by atoms with Gasteiger partial charge >= 0.3 is 0 Å². The summed E-state index contributed by atoms with van der Waals surface area (Å²) in [6.45, 7) is 6.79. The molecule has 2 rings (SSSR count). The van der Waals surface area contributed by atoms with E-state index in [1.54, 1.807) is 0 Å². The van der Waals surface area contributed by atoms with E-state index < -0.39 is 0 Å². The summed E-state index contributed by atoms with van der Waals surface area (Å²) >= 11 is 0. The molecule has 0 unspecified atom stereocenters. The molecule has 0 spiro atoms. The average Bonchev–Trinajstić information content (AvgIpc) is 2.15. The molecule has 1 aromatic carbocycles. The molecule has 2 N–H and O–H groups in total. The lowest BCUT2D eigenvalue weighted by molar-refractivity contribution is 0.276. The van der Waals surface area contributed by atoms with Crippen molar-refractivity contribution in [3.05, 3.63) is 29.6 Å². The van der Waals surface area contributed by atoms with Crippen molar-refractivity contribution in [1.29, 1.82) is 0 Å². The zero-order chi connectivity index (χ0) is 11.1. The fourth-order valence-electron chi connectivity index (χ4n) is 2.08. The molecule has 0 atom stereocenters. The molecular formula is C12H17FN2. The highest BCUT2D eigenvalue weighted by Gasteiger charge is 2.34. The number of hydrogen-bond acceptors (Lipinski definition) is 2. The van der Waals surface area contributed by atoms with Crippen molar-refractivity contribution < 1.29 is 4.39 Å². The maximum absolute atomic E-state index is 13.2. The van der Waals surface area contributed by atoms with E-state index in [1.807, 2.05) is 12.1 Å². The molecule has 82 valence electrons. The fourth-order valence-corrected chi connectivity index (χ4v) is 2.08. The van der Waals surface area contributed by atoms with Crippen molar-refractivity contribution >= 4 is 5.69 Å². The molecule has 15 heavy (non-hydrogen) atoms. The van der Waals surface area contributed by atoms with Crippen LogP contribution in [0.1, 0.15) is 19.4 Å². The largest absolute Gasteiger partial charge is 0.370 e. The second-order valence-corrected chi connectivity index (χ2v) is 5.00. The van der Waals surface area contributed by atoms with Crippen LogP contribution in [0.15, 0.2) is 18.2 Å². The predicted octanol–water partition coefficient (Wildman–Crippen LogP) is 2.13. The molecule has 0 aliphatic carbocycles. The topological polar surface area (TPSA) is 29.3 Å². The standard InChI is InChI=1S/C12H17FN2/c1-12(2)7-15(8-12)10-3-4-11(13)9(5-10)6-14/h3-5H,6-8,14H2,1-2H3. The molecule has 1 aromatic rings. The van der Waals surface area contributed by atoms with Crippen LogP contribution in [0.4, 0.5) is 10.1 Å². The first kappa shape index (κ1) is 10.4. The SMILES string of the molecule is CC1(C)CN(c2ccc(F)c(CN)c2)C1. The van der Waals surface area contributed by atoms with Crippen molar-refractivity contribution in [2.45, 2.75) is 20.4 Å². The summed E-state index contributed by atoms with van der Waals surface area (Å²) in [5, 5.41) is 0. The van der Waals surface area contributed by atoms with Gasteiger partial charge in [-0.15, -0.1) is 0 Å². The lowest BCUT2D eigenvalue weighted by Crippen LogP contribution is -2.53. The van der Waals surface area contributed by atoms with Crippen LogP contribution in [0.5, 0.6) is 0 Å².